The minimum absolute atomic E-state index is 0.0345. The lowest BCUT2D eigenvalue weighted by atomic mass is 10.1. The molecule has 0 atom stereocenters. The SMILES string of the molecule is Cc1cccn(CC(=O)c2ccc(F)c(F)c2)c1=O. The van der Waals surface area contributed by atoms with Crippen molar-refractivity contribution in [2.24, 2.45) is 0 Å². The molecule has 5 heteroatoms. The van der Waals surface area contributed by atoms with Crippen molar-refractivity contribution in [1.82, 2.24) is 4.57 Å². The molecule has 0 aliphatic rings. The van der Waals surface area contributed by atoms with Gasteiger partial charge >= 0.3 is 0 Å². The van der Waals surface area contributed by atoms with Gasteiger partial charge in [-0.25, -0.2) is 8.78 Å². The molecular weight excluding hydrogens is 252 g/mol. The van der Waals surface area contributed by atoms with Crippen molar-refractivity contribution in [2.75, 3.05) is 0 Å². The Morgan fingerprint density at radius 1 is 1.21 bits per heavy atom. The second kappa shape index (κ2) is 5.14. The maximum atomic E-state index is 13.0. The van der Waals surface area contributed by atoms with E-state index >= 15 is 0 Å². The molecular formula is C14H11F2NO2. The zero-order valence-electron chi connectivity index (χ0n) is 10.2. The van der Waals surface area contributed by atoms with Gasteiger partial charge in [0.05, 0.1) is 6.54 Å². The molecule has 0 aliphatic heterocycles. The van der Waals surface area contributed by atoms with Crippen LogP contribution in [0.15, 0.2) is 41.3 Å². The van der Waals surface area contributed by atoms with Crippen LogP contribution in [0.5, 0.6) is 0 Å². The molecule has 1 aromatic carbocycles. The lowest BCUT2D eigenvalue weighted by Crippen LogP contribution is -2.25. The van der Waals surface area contributed by atoms with Gasteiger partial charge in [0, 0.05) is 17.3 Å². The Kier molecular flexibility index (Phi) is 3.55. The predicted octanol–water partition coefficient (Wildman–Crippen LogP) is 2.32. The van der Waals surface area contributed by atoms with Gasteiger partial charge in [0.2, 0.25) is 0 Å². The number of hydrogen-bond acceptors (Lipinski definition) is 2. The van der Waals surface area contributed by atoms with Crippen LogP contribution in [0.25, 0.3) is 0 Å². The van der Waals surface area contributed by atoms with Crippen LogP contribution in [0.3, 0.4) is 0 Å². The molecule has 2 aromatic rings. The van der Waals surface area contributed by atoms with E-state index in [0.29, 0.717) is 5.56 Å². The average Bonchev–Trinajstić information content (AvgIpc) is 2.38. The largest absolute Gasteiger partial charge is 0.308 e. The van der Waals surface area contributed by atoms with Crippen molar-refractivity contribution in [3.05, 3.63) is 69.6 Å². The first-order valence-corrected chi connectivity index (χ1v) is 5.63. The van der Waals surface area contributed by atoms with Crippen LogP contribution in [0.4, 0.5) is 8.78 Å². The van der Waals surface area contributed by atoms with Crippen LogP contribution in [0.1, 0.15) is 15.9 Å². The third-order valence-corrected chi connectivity index (χ3v) is 2.77. The minimum atomic E-state index is -1.08. The smallest absolute Gasteiger partial charge is 0.253 e. The summed E-state index contributed by atoms with van der Waals surface area (Å²) < 4.78 is 27.0. The molecule has 98 valence electrons. The highest BCUT2D eigenvalue weighted by molar-refractivity contribution is 5.95. The van der Waals surface area contributed by atoms with Gasteiger partial charge in [-0.1, -0.05) is 6.07 Å². The fraction of sp³-hybridized carbons (Fsp3) is 0.143. The molecule has 1 aromatic heterocycles. The van der Waals surface area contributed by atoms with Crippen molar-refractivity contribution in [1.29, 1.82) is 0 Å². The molecule has 0 N–H and O–H groups in total. The van der Waals surface area contributed by atoms with E-state index in [0.717, 1.165) is 12.1 Å². The molecule has 0 spiro atoms. The molecule has 19 heavy (non-hydrogen) atoms. The zero-order valence-corrected chi connectivity index (χ0v) is 10.2. The van der Waals surface area contributed by atoms with E-state index in [2.05, 4.69) is 0 Å². The summed E-state index contributed by atoms with van der Waals surface area (Å²) in [6, 6.07) is 6.21. The summed E-state index contributed by atoms with van der Waals surface area (Å²) in [5.41, 5.74) is 0.270. The van der Waals surface area contributed by atoms with Crippen LogP contribution < -0.4 is 5.56 Å². The number of hydrogen-bond donors (Lipinski definition) is 0. The number of nitrogens with zero attached hydrogens (tertiary/aromatic N) is 1. The second-order valence-electron chi connectivity index (χ2n) is 4.18. The van der Waals surface area contributed by atoms with Crippen LogP contribution in [0, 0.1) is 18.6 Å². The van der Waals surface area contributed by atoms with E-state index in [-0.39, 0.29) is 17.7 Å². The van der Waals surface area contributed by atoms with Crippen molar-refractivity contribution >= 4 is 5.78 Å². The highest BCUT2D eigenvalue weighted by atomic mass is 19.2. The number of rotatable bonds is 3. The molecule has 0 unspecified atom stereocenters. The number of benzene rings is 1. The van der Waals surface area contributed by atoms with Gasteiger partial charge in [-0.15, -0.1) is 0 Å². The van der Waals surface area contributed by atoms with E-state index in [1.54, 1.807) is 19.1 Å². The van der Waals surface area contributed by atoms with Gasteiger partial charge in [0.15, 0.2) is 17.4 Å². The maximum Gasteiger partial charge on any atom is 0.253 e. The van der Waals surface area contributed by atoms with Gasteiger partial charge in [-0.3, -0.25) is 9.59 Å². The average molecular weight is 263 g/mol. The zero-order chi connectivity index (χ0) is 14.0. The number of Topliss-reactive ketones (excluding diaryl/α,β-unsaturated/α-hetero) is 1. The minimum Gasteiger partial charge on any atom is -0.308 e. The van der Waals surface area contributed by atoms with E-state index in [1.807, 2.05) is 0 Å². The number of carbonyl (C=O) groups excluding carboxylic acids is 1. The molecule has 0 aliphatic carbocycles. The second-order valence-corrected chi connectivity index (χ2v) is 4.18. The summed E-state index contributed by atoms with van der Waals surface area (Å²) in [5.74, 6) is -2.54. The number of carbonyl (C=O) groups is 1. The molecule has 1 heterocycles. The number of aryl methyl sites for hydroxylation is 1. The van der Waals surface area contributed by atoms with E-state index in [1.165, 1.54) is 16.8 Å². The topological polar surface area (TPSA) is 39.1 Å². The molecule has 0 saturated carbocycles. The fourth-order valence-electron chi connectivity index (χ4n) is 1.70. The summed E-state index contributed by atoms with van der Waals surface area (Å²) in [6.45, 7) is 1.44. The highest BCUT2D eigenvalue weighted by Crippen LogP contribution is 2.09. The van der Waals surface area contributed by atoms with E-state index < -0.39 is 17.4 Å². The number of aromatic nitrogens is 1. The third-order valence-electron chi connectivity index (χ3n) is 2.77. The van der Waals surface area contributed by atoms with Crippen LogP contribution in [-0.4, -0.2) is 10.4 Å². The first kappa shape index (κ1) is 13.1. The Morgan fingerprint density at radius 3 is 2.63 bits per heavy atom. The Morgan fingerprint density at radius 2 is 1.95 bits per heavy atom. The van der Waals surface area contributed by atoms with Crippen molar-refractivity contribution in [3.8, 4) is 0 Å². The lowest BCUT2D eigenvalue weighted by molar-refractivity contribution is 0.0970. The number of ketones is 1. The molecule has 0 bridgehead atoms. The maximum absolute atomic E-state index is 13.0. The molecule has 0 saturated heterocycles. The monoisotopic (exact) mass is 263 g/mol. The van der Waals surface area contributed by atoms with E-state index in [4.69, 9.17) is 0 Å². The summed E-state index contributed by atoms with van der Waals surface area (Å²) in [5, 5.41) is 0. The molecule has 0 fully saturated rings. The van der Waals surface area contributed by atoms with Gasteiger partial charge < -0.3 is 4.57 Å². The Hall–Kier alpha value is -2.30. The van der Waals surface area contributed by atoms with Gasteiger partial charge in [0.1, 0.15) is 0 Å². The van der Waals surface area contributed by atoms with Gasteiger partial charge in [0.25, 0.3) is 5.56 Å². The van der Waals surface area contributed by atoms with Gasteiger partial charge in [-0.05, 0) is 31.2 Å². The van der Waals surface area contributed by atoms with Gasteiger partial charge in [-0.2, -0.15) is 0 Å². The van der Waals surface area contributed by atoms with Crippen LogP contribution in [0.2, 0.25) is 0 Å². The van der Waals surface area contributed by atoms with Crippen molar-refractivity contribution < 1.29 is 13.6 Å². The standard InChI is InChI=1S/C14H11F2NO2/c1-9-3-2-6-17(14(9)19)8-13(18)10-4-5-11(15)12(16)7-10/h2-7H,8H2,1H3. The Balaban J connectivity index is 2.28. The third kappa shape index (κ3) is 2.76. The number of pyridine rings is 1. The molecule has 0 amide bonds. The van der Waals surface area contributed by atoms with Crippen molar-refractivity contribution in [3.63, 3.8) is 0 Å². The number of halogens is 2. The first-order valence-electron chi connectivity index (χ1n) is 5.63. The van der Waals surface area contributed by atoms with Crippen molar-refractivity contribution in [2.45, 2.75) is 13.5 Å². The quantitative estimate of drug-likeness (QED) is 0.797. The predicted molar refractivity (Wildman–Crippen MR) is 66.1 cm³/mol. The Labute approximate surface area is 108 Å². The summed E-state index contributed by atoms with van der Waals surface area (Å²) in [6.07, 6.45) is 1.48. The summed E-state index contributed by atoms with van der Waals surface area (Å²) in [7, 11) is 0. The summed E-state index contributed by atoms with van der Waals surface area (Å²) in [4.78, 5) is 23.6. The van der Waals surface area contributed by atoms with E-state index in [9.17, 15) is 18.4 Å². The van der Waals surface area contributed by atoms with Crippen LogP contribution >= 0.6 is 0 Å². The highest BCUT2D eigenvalue weighted by Gasteiger charge is 2.11. The summed E-state index contributed by atoms with van der Waals surface area (Å²) >= 11 is 0. The molecule has 0 radical (unpaired) electrons. The first-order chi connectivity index (χ1) is 8.99. The normalized spacial score (nSPS) is 10.5. The molecule has 3 nitrogen and oxygen atoms in total. The lowest BCUT2D eigenvalue weighted by Gasteiger charge is -2.06. The van der Waals surface area contributed by atoms with Crippen LogP contribution in [-0.2, 0) is 6.54 Å². The molecule has 2 rings (SSSR count). The Bertz CT molecular complexity index is 692. The fourth-order valence-corrected chi connectivity index (χ4v) is 1.70.